The maximum Gasteiger partial charge on any atom is 0.414 e. The van der Waals surface area contributed by atoms with E-state index >= 15 is 0 Å². The fourth-order valence-electron chi connectivity index (χ4n) is 3.72. The Labute approximate surface area is 185 Å². The molecule has 1 aromatic heterocycles. The number of amides is 2. The minimum absolute atomic E-state index is 0.0630. The molecule has 4 rings (SSSR count). The van der Waals surface area contributed by atoms with Crippen LogP contribution in [-0.4, -0.2) is 72.6 Å². The first kappa shape index (κ1) is 22.5. The van der Waals surface area contributed by atoms with E-state index in [1.807, 2.05) is 0 Å². The molecular weight excluding hydrogens is 424 g/mol. The topological polar surface area (TPSA) is 96.9 Å². The first-order chi connectivity index (χ1) is 15.2. The van der Waals surface area contributed by atoms with E-state index in [0.717, 1.165) is 32.1 Å². The molecule has 1 unspecified atom stereocenters. The number of carbonyl (C=O) groups excluding carboxylic acids is 2. The summed E-state index contributed by atoms with van der Waals surface area (Å²) in [6.45, 7) is -0.516. The lowest BCUT2D eigenvalue weighted by atomic mass is 9.80. The Morgan fingerprint density at radius 3 is 2.53 bits per heavy atom. The predicted octanol–water partition coefficient (Wildman–Crippen LogP) is 2.46. The maximum atomic E-state index is 13.3. The summed E-state index contributed by atoms with van der Waals surface area (Å²) < 4.78 is 37.6. The van der Waals surface area contributed by atoms with E-state index in [1.54, 1.807) is 14.1 Å². The molecule has 1 atom stereocenters. The second kappa shape index (κ2) is 9.03. The number of ether oxygens (including phenoxy) is 2. The summed E-state index contributed by atoms with van der Waals surface area (Å²) in [6, 6.07) is -0.691. The van der Waals surface area contributed by atoms with Crippen LogP contribution in [0.1, 0.15) is 38.5 Å². The zero-order chi connectivity index (χ0) is 22.9. The third-order valence-electron chi connectivity index (χ3n) is 6.02. The molecule has 0 spiro atoms. The van der Waals surface area contributed by atoms with Crippen molar-refractivity contribution in [3.63, 3.8) is 0 Å². The van der Waals surface area contributed by atoms with Gasteiger partial charge >= 0.3 is 6.09 Å². The van der Waals surface area contributed by atoms with Crippen molar-refractivity contribution < 1.29 is 27.8 Å². The summed E-state index contributed by atoms with van der Waals surface area (Å²) in [7, 11) is 3.27. The molecule has 11 heteroatoms. The van der Waals surface area contributed by atoms with Gasteiger partial charge in [0.15, 0.2) is 5.82 Å². The molecule has 2 aliphatic carbocycles. The Bertz CT molecular complexity index is 853. The quantitative estimate of drug-likeness (QED) is 0.614. The van der Waals surface area contributed by atoms with Crippen molar-refractivity contribution in [2.24, 2.45) is 11.8 Å². The van der Waals surface area contributed by atoms with Gasteiger partial charge in [-0.3, -0.25) is 4.79 Å². The number of likely N-dealkylation sites (N-methyl/N-ethyl adjacent to an activating group) is 1. The first-order valence-corrected chi connectivity index (χ1v) is 11.0. The second-order valence-corrected chi connectivity index (χ2v) is 9.16. The van der Waals surface area contributed by atoms with Crippen LogP contribution in [0, 0.1) is 11.8 Å². The summed E-state index contributed by atoms with van der Waals surface area (Å²) in [4.78, 5) is 36.1. The lowest BCUT2D eigenvalue weighted by molar-refractivity contribution is -0.131. The molecule has 1 saturated heterocycles. The molecule has 176 valence electrons. The maximum absolute atomic E-state index is 13.3. The van der Waals surface area contributed by atoms with Gasteiger partial charge in [0.2, 0.25) is 11.8 Å². The van der Waals surface area contributed by atoms with Crippen molar-refractivity contribution in [1.29, 1.82) is 0 Å². The second-order valence-electron chi connectivity index (χ2n) is 9.16. The molecule has 3 fully saturated rings. The van der Waals surface area contributed by atoms with Crippen LogP contribution >= 0.6 is 0 Å². The molecule has 2 saturated carbocycles. The number of aromatic nitrogens is 2. The average molecular weight is 453 g/mol. The largest absolute Gasteiger partial charge is 0.475 e. The molecule has 2 heterocycles. The summed E-state index contributed by atoms with van der Waals surface area (Å²) >= 11 is 0. The lowest BCUT2D eigenvalue weighted by Crippen LogP contribution is -2.56. The zero-order valence-corrected chi connectivity index (χ0v) is 18.4. The molecule has 3 aliphatic rings. The van der Waals surface area contributed by atoms with Crippen molar-refractivity contribution in [2.45, 2.75) is 50.5 Å². The molecule has 0 radical (unpaired) electrons. The predicted molar refractivity (Wildman–Crippen MR) is 111 cm³/mol. The van der Waals surface area contributed by atoms with Gasteiger partial charge in [0.25, 0.3) is 11.8 Å². The van der Waals surface area contributed by atoms with Crippen LogP contribution in [0.2, 0.25) is 0 Å². The zero-order valence-electron chi connectivity index (χ0n) is 18.4. The molecule has 0 bridgehead atoms. The van der Waals surface area contributed by atoms with Crippen LogP contribution in [0.25, 0.3) is 0 Å². The lowest BCUT2D eigenvalue weighted by Gasteiger charge is -2.39. The van der Waals surface area contributed by atoms with E-state index in [2.05, 4.69) is 15.3 Å². The van der Waals surface area contributed by atoms with Crippen LogP contribution in [0.4, 0.5) is 19.4 Å². The fourth-order valence-corrected chi connectivity index (χ4v) is 3.72. The van der Waals surface area contributed by atoms with Gasteiger partial charge < -0.3 is 24.6 Å². The fraction of sp³-hybridized carbons (Fsp3) is 0.714. The average Bonchev–Trinajstić information content (AvgIpc) is 3.50. The highest BCUT2D eigenvalue weighted by Crippen LogP contribution is 2.37. The number of halogens is 2. The minimum Gasteiger partial charge on any atom is -0.475 e. The first-order valence-electron chi connectivity index (χ1n) is 11.0. The van der Waals surface area contributed by atoms with E-state index in [1.165, 1.54) is 16.0 Å². The smallest absolute Gasteiger partial charge is 0.414 e. The van der Waals surface area contributed by atoms with E-state index in [4.69, 9.17) is 9.47 Å². The highest BCUT2D eigenvalue weighted by Gasteiger charge is 2.46. The van der Waals surface area contributed by atoms with Gasteiger partial charge in [-0.05, 0) is 31.1 Å². The van der Waals surface area contributed by atoms with Crippen molar-refractivity contribution in [3.8, 4) is 11.8 Å². The van der Waals surface area contributed by atoms with Gasteiger partial charge in [-0.25, -0.2) is 18.6 Å². The molecule has 2 amide bonds. The number of carbonyl (C=O) groups is 2. The van der Waals surface area contributed by atoms with E-state index in [9.17, 15) is 18.4 Å². The summed E-state index contributed by atoms with van der Waals surface area (Å²) in [6.07, 6.45) is 6.23. The molecule has 0 aromatic carbocycles. The SMILES string of the molecule is CN(C)C(=O)C(CC1CCC1)NC(=O)Oc1cnc(N2CC(F)(F)C2)c(OCC2CC2)n1. The minimum atomic E-state index is -2.76. The molecule has 1 aromatic rings. The number of alkyl halides is 2. The monoisotopic (exact) mass is 453 g/mol. The van der Waals surface area contributed by atoms with E-state index in [-0.39, 0.29) is 23.5 Å². The van der Waals surface area contributed by atoms with Gasteiger partial charge in [0, 0.05) is 14.1 Å². The van der Waals surface area contributed by atoms with Gasteiger partial charge in [0.1, 0.15) is 6.04 Å². The number of hydrogen-bond donors (Lipinski definition) is 1. The highest BCUT2D eigenvalue weighted by molar-refractivity contribution is 5.85. The number of rotatable bonds is 9. The van der Waals surface area contributed by atoms with Crippen LogP contribution in [-0.2, 0) is 4.79 Å². The van der Waals surface area contributed by atoms with Crippen molar-refractivity contribution in [3.05, 3.63) is 6.20 Å². The number of nitrogens with one attached hydrogen (secondary N) is 1. The molecule has 1 N–H and O–H groups in total. The normalized spacial score (nSPS) is 20.6. The highest BCUT2D eigenvalue weighted by atomic mass is 19.3. The molecule has 32 heavy (non-hydrogen) atoms. The van der Waals surface area contributed by atoms with Crippen molar-refractivity contribution in [1.82, 2.24) is 20.2 Å². The van der Waals surface area contributed by atoms with Crippen molar-refractivity contribution in [2.75, 3.05) is 38.7 Å². The van der Waals surface area contributed by atoms with E-state index < -0.39 is 31.1 Å². The Morgan fingerprint density at radius 2 is 1.97 bits per heavy atom. The standard InChI is InChI=1S/C21H29F2N5O4/c1-27(2)19(29)15(8-13-4-3-5-13)25-20(30)32-16-9-24-17(28-11-21(22,23)12-28)18(26-16)31-10-14-6-7-14/h9,13-15H,3-8,10-12H2,1-2H3,(H,25,30). The van der Waals surface area contributed by atoms with E-state index in [0.29, 0.717) is 24.9 Å². The van der Waals surface area contributed by atoms with Crippen LogP contribution in [0.15, 0.2) is 6.20 Å². The van der Waals surface area contributed by atoms with Gasteiger partial charge in [0.05, 0.1) is 25.9 Å². The Hall–Kier alpha value is -2.72. The number of anilines is 1. The molecule has 1 aliphatic heterocycles. The Kier molecular flexibility index (Phi) is 6.34. The Morgan fingerprint density at radius 1 is 1.25 bits per heavy atom. The Balaban J connectivity index is 1.41. The van der Waals surface area contributed by atoms with Crippen LogP contribution in [0.5, 0.6) is 11.8 Å². The van der Waals surface area contributed by atoms with Gasteiger partial charge in [-0.15, -0.1) is 0 Å². The number of hydrogen-bond acceptors (Lipinski definition) is 7. The van der Waals surface area contributed by atoms with Crippen LogP contribution < -0.4 is 19.7 Å². The molecular formula is C21H29F2N5O4. The van der Waals surface area contributed by atoms with Crippen molar-refractivity contribution >= 4 is 17.8 Å². The third-order valence-corrected chi connectivity index (χ3v) is 6.02. The van der Waals surface area contributed by atoms with Gasteiger partial charge in [-0.1, -0.05) is 19.3 Å². The molecule has 9 nitrogen and oxygen atoms in total. The summed E-state index contributed by atoms with van der Waals surface area (Å²) in [5, 5.41) is 2.63. The van der Waals surface area contributed by atoms with Gasteiger partial charge in [-0.2, -0.15) is 4.98 Å². The van der Waals surface area contributed by atoms with Crippen LogP contribution in [0.3, 0.4) is 0 Å². The summed E-state index contributed by atoms with van der Waals surface area (Å²) in [5.41, 5.74) is 0. The summed E-state index contributed by atoms with van der Waals surface area (Å²) in [5.74, 6) is -2.01. The number of nitrogens with zero attached hydrogens (tertiary/aromatic N) is 4. The third kappa shape index (κ3) is 5.55.